The predicted octanol–water partition coefficient (Wildman–Crippen LogP) is 3.51. The van der Waals surface area contributed by atoms with Gasteiger partial charge in [0, 0.05) is 28.9 Å². The summed E-state index contributed by atoms with van der Waals surface area (Å²) in [6.07, 6.45) is 2.50. The summed E-state index contributed by atoms with van der Waals surface area (Å²) in [7, 11) is 1.83. The van der Waals surface area contributed by atoms with Gasteiger partial charge in [0.2, 0.25) is 5.91 Å². The largest absolute Gasteiger partial charge is 0.345 e. The van der Waals surface area contributed by atoms with Gasteiger partial charge in [-0.2, -0.15) is 0 Å². The zero-order valence-electron chi connectivity index (χ0n) is 16.4. The van der Waals surface area contributed by atoms with Crippen LogP contribution in [0.2, 0.25) is 0 Å². The minimum atomic E-state index is -0.142. The van der Waals surface area contributed by atoms with Gasteiger partial charge in [0.05, 0.1) is 11.8 Å². The lowest BCUT2D eigenvalue weighted by Gasteiger charge is -2.25. The third-order valence-corrected chi connectivity index (χ3v) is 6.85. The maximum Gasteiger partial charge on any atom is 0.251 e. The van der Waals surface area contributed by atoms with Crippen LogP contribution in [0, 0.1) is 0 Å². The molecule has 0 aliphatic carbocycles. The number of carbonyl (C=O) groups is 2. The van der Waals surface area contributed by atoms with Gasteiger partial charge in [-0.3, -0.25) is 9.59 Å². The van der Waals surface area contributed by atoms with Crippen LogP contribution in [0.15, 0.2) is 64.9 Å². The minimum absolute atomic E-state index is 0.0203. The average molecular weight is 440 g/mol. The van der Waals surface area contributed by atoms with Gasteiger partial charge < -0.3 is 15.2 Å². The molecule has 0 unspecified atom stereocenters. The van der Waals surface area contributed by atoms with Crippen LogP contribution in [-0.2, 0) is 11.8 Å². The maximum absolute atomic E-state index is 12.7. The van der Waals surface area contributed by atoms with Crippen LogP contribution in [-0.4, -0.2) is 38.1 Å². The van der Waals surface area contributed by atoms with Gasteiger partial charge in [0.25, 0.3) is 5.91 Å². The maximum atomic E-state index is 12.7. The van der Waals surface area contributed by atoms with Crippen molar-refractivity contribution in [2.75, 3.05) is 16.8 Å². The standard InChI is InChI=1S/C21H21N5O2S2/c1-26-13-22-25-21(26)30-12-19(27)23-15-8-6-14(7-9-15)20(28)24-17-10-11-29-18-5-3-2-4-16(17)18/h2-9,13,17H,10-12H2,1H3,(H,23,27)(H,24,28)/t17-/m0/s1. The summed E-state index contributed by atoms with van der Waals surface area (Å²) < 4.78 is 1.76. The number of rotatable bonds is 6. The number of benzene rings is 2. The molecule has 0 bridgehead atoms. The van der Waals surface area contributed by atoms with E-state index in [-0.39, 0.29) is 23.6 Å². The molecule has 2 heterocycles. The second-order valence-corrected chi connectivity index (χ2v) is 8.92. The van der Waals surface area contributed by atoms with E-state index in [4.69, 9.17) is 0 Å². The quantitative estimate of drug-likeness (QED) is 0.572. The van der Waals surface area contributed by atoms with Crippen LogP contribution in [0.25, 0.3) is 0 Å². The second kappa shape index (κ2) is 9.36. The van der Waals surface area contributed by atoms with E-state index in [9.17, 15) is 9.59 Å². The molecule has 4 rings (SSSR count). The molecule has 30 heavy (non-hydrogen) atoms. The lowest BCUT2D eigenvalue weighted by Crippen LogP contribution is -2.30. The normalized spacial score (nSPS) is 15.3. The third-order valence-electron chi connectivity index (χ3n) is 4.70. The van der Waals surface area contributed by atoms with E-state index in [0.717, 1.165) is 12.2 Å². The van der Waals surface area contributed by atoms with Crippen LogP contribution in [0.5, 0.6) is 0 Å². The Morgan fingerprint density at radius 2 is 2.00 bits per heavy atom. The number of amides is 2. The van der Waals surface area contributed by atoms with Crippen molar-refractivity contribution in [1.29, 1.82) is 0 Å². The molecule has 9 heteroatoms. The molecule has 0 fully saturated rings. The molecule has 0 spiro atoms. The molecule has 2 N–H and O–H groups in total. The molecule has 2 amide bonds. The molecule has 1 atom stereocenters. The summed E-state index contributed by atoms with van der Waals surface area (Å²) in [6, 6.07) is 15.2. The Bertz CT molecular complexity index is 1050. The van der Waals surface area contributed by atoms with Gasteiger partial charge in [-0.25, -0.2) is 0 Å². The lowest BCUT2D eigenvalue weighted by atomic mass is 10.0. The number of thioether (sulfide) groups is 2. The molecule has 1 aliphatic heterocycles. The summed E-state index contributed by atoms with van der Waals surface area (Å²) in [4.78, 5) is 26.1. The topological polar surface area (TPSA) is 88.9 Å². The van der Waals surface area contributed by atoms with Crippen LogP contribution in [0.4, 0.5) is 5.69 Å². The van der Waals surface area contributed by atoms with E-state index in [1.54, 1.807) is 35.2 Å². The van der Waals surface area contributed by atoms with Crippen LogP contribution >= 0.6 is 23.5 Å². The smallest absolute Gasteiger partial charge is 0.251 e. The van der Waals surface area contributed by atoms with E-state index >= 15 is 0 Å². The Morgan fingerprint density at radius 3 is 2.77 bits per heavy atom. The molecule has 1 aliphatic rings. The Morgan fingerprint density at radius 1 is 1.20 bits per heavy atom. The van der Waals surface area contributed by atoms with Gasteiger partial charge >= 0.3 is 0 Å². The monoisotopic (exact) mass is 439 g/mol. The highest BCUT2D eigenvalue weighted by Gasteiger charge is 2.22. The van der Waals surface area contributed by atoms with Gasteiger partial charge in [-0.1, -0.05) is 30.0 Å². The van der Waals surface area contributed by atoms with Gasteiger partial charge in [-0.15, -0.1) is 22.0 Å². The molecule has 0 saturated heterocycles. The summed E-state index contributed by atoms with van der Waals surface area (Å²) in [5.41, 5.74) is 2.39. The fraction of sp³-hybridized carbons (Fsp3) is 0.238. The lowest BCUT2D eigenvalue weighted by molar-refractivity contribution is -0.113. The second-order valence-electron chi connectivity index (χ2n) is 6.84. The number of nitrogens with zero attached hydrogens (tertiary/aromatic N) is 3. The first-order valence-corrected chi connectivity index (χ1v) is 11.5. The first kappa shape index (κ1) is 20.5. The van der Waals surface area contributed by atoms with Crippen molar-refractivity contribution in [2.45, 2.75) is 22.5 Å². The molecule has 2 aromatic carbocycles. The van der Waals surface area contributed by atoms with Crippen molar-refractivity contribution in [3.8, 4) is 0 Å². The van der Waals surface area contributed by atoms with E-state index < -0.39 is 0 Å². The Labute approximate surface area is 183 Å². The number of aromatic nitrogens is 3. The molecule has 7 nitrogen and oxygen atoms in total. The van der Waals surface area contributed by atoms with Crippen LogP contribution in [0.1, 0.15) is 28.4 Å². The number of carbonyl (C=O) groups excluding carboxylic acids is 2. The van der Waals surface area contributed by atoms with Crippen molar-refractivity contribution in [3.63, 3.8) is 0 Å². The number of aryl methyl sites for hydroxylation is 1. The minimum Gasteiger partial charge on any atom is -0.345 e. The van der Waals surface area contributed by atoms with E-state index in [1.165, 1.54) is 22.2 Å². The molecule has 0 saturated carbocycles. The average Bonchev–Trinajstić information content (AvgIpc) is 3.18. The van der Waals surface area contributed by atoms with Crippen molar-refractivity contribution in [3.05, 3.63) is 66.0 Å². The number of anilines is 1. The van der Waals surface area contributed by atoms with Crippen molar-refractivity contribution < 1.29 is 9.59 Å². The van der Waals surface area contributed by atoms with E-state index in [2.05, 4.69) is 33.0 Å². The highest BCUT2D eigenvalue weighted by Crippen LogP contribution is 2.35. The molecule has 0 radical (unpaired) electrons. The fourth-order valence-electron chi connectivity index (χ4n) is 3.17. The first-order valence-electron chi connectivity index (χ1n) is 9.49. The molecule has 1 aromatic heterocycles. The molecule has 154 valence electrons. The summed E-state index contributed by atoms with van der Waals surface area (Å²) in [5, 5.41) is 14.4. The van der Waals surface area contributed by atoms with Crippen LogP contribution < -0.4 is 10.6 Å². The van der Waals surface area contributed by atoms with Gasteiger partial charge in [-0.05, 0) is 42.3 Å². The molecule has 3 aromatic rings. The number of nitrogens with one attached hydrogen (secondary N) is 2. The Hall–Kier alpha value is -2.78. The van der Waals surface area contributed by atoms with Crippen molar-refractivity contribution in [2.24, 2.45) is 7.05 Å². The highest BCUT2D eigenvalue weighted by molar-refractivity contribution is 7.99. The van der Waals surface area contributed by atoms with E-state index in [1.807, 2.05) is 30.9 Å². The third kappa shape index (κ3) is 4.85. The van der Waals surface area contributed by atoms with Crippen LogP contribution in [0.3, 0.4) is 0 Å². The van der Waals surface area contributed by atoms with E-state index in [0.29, 0.717) is 16.4 Å². The van der Waals surface area contributed by atoms with Crippen molar-refractivity contribution in [1.82, 2.24) is 20.1 Å². The van der Waals surface area contributed by atoms with Crippen molar-refractivity contribution >= 4 is 41.0 Å². The summed E-state index contributed by atoms with van der Waals surface area (Å²) in [6.45, 7) is 0. The SMILES string of the molecule is Cn1cnnc1SCC(=O)Nc1ccc(C(=O)N[C@H]2CCSc3ccccc32)cc1. The number of fused-ring (bicyclic) bond motifs is 1. The van der Waals surface area contributed by atoms with Gasteiger partial charge in [0.15, 0.2) is 5.16 Å². The predicted molar refractivity (Wildman–Crippen MR) is 119 cm³/mol. The van der Waals surface area contributed by atoms with Gasteiger partial charge in [0.1, 0.15) is 6.33 Å². The zero-order valence-corrected chi connectivity index (χ0v) is 18.0. The molecular formula is C21H21N5O2S2. The Kier molecular flexibility index (Phi) is 6.39. The number of hydrogen-bond donors (Lipinski definition) is 2. The first-order chi connectivity index (χ1) is 14.6. The summed E-state index contributed by atoms with van der Waals surface area (Å²) in [5.74, 6) is 0.960. The highest BCUT2D eigenvalue weighted by atomic mass is 32.2. The zero-order chi connectivity index (χ0) is 20.9. The number of hydrogen-bond acceptors (Lipinski definition) is 6. The fourth-order valence-corrected chi connectivity index (χ4v) is 4.98. The summed E-state index contributed by atoms with van der Waals surface area (Å²) >= 11 is 3.14. The molecular weight excluding hydrogens is 418 g/mol. The Balaban J connectivity index is 1.32.